The van der Waals surface area contributed by atoms with Crippen molar-refractivity contribution in [2.75, 3.05) is 0 Å². The summed E-state index contributed by atoms with van der Waals surface area (Å²) in [5, 5.41) is 5.48. The molecule has 5 saturated carbocycles. The van der Waals surface area contributed by atoms with Crippen LogP contribution in [0, 0.1) is 35.2 Å². The molecule has 0 nitrogen and oxygen atoms in total. The first-order valence-electron chi connectivity index (χ1n) is 18.2. The van der Waals surface area contributed by atoms with E-state index in [4.69, 9.17) is 0 Å². The minimum absolute atomic E-state index is 0. The number of halogens is 2. The van der Waals surface area contributed by atoms with Gasteiger partial charge in [0.15, 0.2) is 0 Å². The zero-order valence-electron chi connectivity index (χ0n) is 30.5. The van der Waals surface area contributed by atoms with Crippen molar-refractivity contribution in [2.45, 2.75) is 137 Å². The molecule has 3 aromatic rings. The quantitative estimate of drug-likeness (QED) is 0.249. The monoisotopic (exact) mass is 746 g/mol. The first-order chi connectivity index (χ1) is 21.2. The molecule has 1 atom stereocenters. The van der Waals surface area contributed by atoms with E-state index in [9.17, 15) is 0 Å². The van der Waals surface area contributed by atoms with Crippen molar-refractivity contribution in [3.05, 3.63) is 76.9 Å². The molecule has 3 heteroatoms. The molecule has 4 bridgehead atoms. The van der Waals surface area contributed by atoms with Crippen molar-refractivity contribution in [2.24, 2.45) is 29.1 Å². The van der Waals surface area contributed by atoms with E-state index >= 15 is 0 Å². The molecular formula is C44H58Cl2Zr-2. The van der Waals surface area contributed by atoms with Crippen molar-refractivity contribution in [1.82, 2.24) is 0 Å². The van der Waals surface area contributed by atoms with E-state index in [0.29, 0.717) is 11.3 Å². The topological polar surface area (TPSA) is 0 Å². The molecule has 0 aromatic heterocycles. The number of fused-ring (bicyclic) bond motifs is 3. The Hall–Kier alpha value is -0.877. The van der Waals surface area contributed by atoms with Gasteiger partial charge in [0.1, 0.15) is 0 Å². The molecule has 47 heavy (non-hydrogen) atoms. The van der Waals surface area contributed by atoms with E-state index < -0.39 is 0 Å². The summed E-state index contributed by atoms with van der Waals surface area (Å²) in [6.07, 6.45) is 22.6. The van der Waals surface area contributed by atoms with Crippen LogP contribution in [-0.4, -0.2) is 3.21 Å². The van der Waals surface area contributed by atoms with E-state index in [2.05, 4.69) is 110 Å². The number of benzene rings is 2. The van der Waals surface area contributed by atoms with Gasteiger partial charge in [-0.25, -0.2) is 11.1 Å². The van der Waals surface area contributed by atoms with Gasteiger partial charge in [-0.1, -0.05) is 89.8 Å². The summed E-state index contributed by atoms with van der Waals surface area (Å²) in [4.78, 5) is 0. The molecule has 5 fully saturated rings. The third-order valence-corrected chi connectivity index (χ3v) is 13.0. The van der Waals surface area contributed by atoms with Crippen LogP contribution in [0.25, 0.3) is 21.5 Å². The third-order valence-electron chi connectivity index (χ3n) is 11.7. The summed E-state index contributed by atoms with van der Waals surface area (Å²) in [6.45, 7) is 18.2. The molecule has 254 valence electrons. The molecule has 6 aliphatic rings. The van der Waals surface area contributed by atoms with Gasteiger partial charge in [-0.05, 0) is 72.5 Å². The Morgan fingerprint density at radius 2 is 1.17 bits per heavy atom. The Balaban J connectivity index is 0.000000173. The van der Waals surface area contributed by atoms with Crippen LogP contribution in [0.5, 0.6) is 0 Å². The average Bonchev–Trinajstić information content (AvgIpc) is 3.50. The predicted octanol–water partition coefficient (Wildman–Crippen LogP) is 6.51. The van der Waals surface area contributed by atoms with E-state index in [1.54, 1.807) is 57.8 Å². The maximum atomic E-state index is 3.78. The van der Waals surface area contributed by atoms with Crippen LogP contribution >= 0.6 is 0 Å². The summed E-state index contributed by atoms with van der Waals surface area (Å²) < 4.78 is 1.80. The zero-order valence-corrected chi connectivity index (χ0v) is 34.4. The molecule has 0 aliphatic heterocycles. The molecule has 0 spiro atoms. The van der Waals surface area contributed by atoms with E-state index in [-0.39, 0.29) is 35.6 Å². The van der Waals surface area contributed by atoms with Crippen molar-refractivity contribution in [1.29, 1.82) is 0 Å². The number of hydrogen-bond donors (Lipinski definition) is 0. The van der Waals surface area contributed by atoms with Gasteiger partial charge in [-0.3, -0.25) is 6.08 Å². The van der Waals surface area contributed by atoms with Gasteiger partial charge in [0, 0.05) is 0 Å². The van der Waals surface area contributed by atoms with Crippen LogP contribution in [0.3, 0.4) is 0 Å². The molecule has 0 N–H and O–H groups in total. The molecule has 0 saturated heterocycles. The van der Waals surface area contributed by atoms with Gasteiger partial charge in [-0.2, -0.15) is 6.08 Å². The second-order valence-corrected chi connectivity index (χ2v) is 19.5. The van der Waals surface area contributed by atoms with Crippen LogP contribution < -0.4 is 24.8 Å². The fourth-order valence-corrected chi connectivity index (χ4v) is 10.6. The average molecular weight is 749 g/mol. The Morgan fingerprint density at radius 3 is 1.51 bits per heavy atom. The van der Waals surface area contributed by atoms with Crippen LogP contribution in [-0.2, 0) is 35.1 Å². The molecule has 0 amide bonds. The Bertz CT molecular complexity index is 1510. The Labute approximate surface area is 314 Å². The van der Waals surface area contributed by atoms with Crippen LogP contribution in [0.15, 0.2) is 59.7 Å². The molecule has 1 unspecified atom stereocenters. The van der Waals surface area contributed by atoms with Crippen LogP contribution in [0.2, 0.25) is 0 Å². The molecule has 0 radical (unpaired) electrons. The normalized spacial score (nSPS) is 28.0. The Kier molecular flexibility index (Phi) is 12.6. The summed E-state index contributed by atoms with van der Waals surface area (Å²) >= 11 is 1.69. The van der Waals surface area contributed by atoms with Gasteiger partial charge in [-0.15, -0.1) is 46.7 Å². The predicted molar refractivity (Wildman–Crippen MR) is 193 cm³/mol. The van der Waals surface area contributed by atoms with E-state index in [1.807, 2.05) is 0 Å². The SMILES string of the molecule is CC(C)(C)c1ccc2c(c1)[cH-]c1cc(C(C)(C)C)ccc12.CC1=CC(C)[C-]=C1C12CC3CC(CC(C3)C1)C2.[Cl-].[Cl-].[Zr+2]=[C]1CCCCC1. The third kappa shape index (κ3) is 8.72. The fraction of sp³-hybridized carbons (Fsp3) is 0.591. The number of hydrogen-bond acceptors (Lipinski definition) is 0. The second kappa shape index (κ2) is 15.2. The molecular weight excluding hydrogens is 691 g/mol. The van der Waals surface area contributed by atoms with Crippen molar-refractivity contribution in [3.63, 3.8) is 0 Å². The first-order valence-corrected chi connectivity index (χ1v) is 19.5. The van der Waals surface area contributed by atoms with Crippen molar-refractivity contribution < 1.29 is 49.0 Å². The Morgan fingerprint density at radius 1 is 0.723 bits per heavy atom. The van der Waals surface area contributed by atoms with Crippen LogP contribution in [0.4, 0.5) is 0 Å². The minimum atomic E-state index is 0. The maximum absolute atomic E-state index is 3.78. The zero-order chi connectivity index (χ0) is 32.1. The fourth-order valence-electron chi connectivity index (χ4n) is 9.76. The standard InChI is InChI=1S/C21H25.C17H23.C6H10.2ClH.Zr/c1-20(2,3)16-7-9-18-14(12-16)11-15-13-17(21(4,5)6)8-10-19(15)18;1-11-3-12(2)16(4-11)17-8-13-5-14(9-17)7-15(6-13)10-17;1-2-4-6-5-3-1;;;/h7-13H,1-6H3;3,11,13-15H,5-10H2,1-2H3;1-5H2;2*1H;/q2*-1;;;;+2/p-2. The molecule has 0 heterocycles. The number of rotatable bonds is 1. The summed E-state index contributed by atoms with van der Waals surface area (Å²) in [5.41, 5.74) is 6.98. The van der Waals surface area contributed by atoms with Crippen molar-refractivity contribution >= 4 is 24.8 Å². The molecule has 9 rings (SSSR count). The summed E-state index contributed by atoms with van der Waals surface area (Å²) in [5.74, 6) is 3.73. The molecule has 3 aromatic carbocycles. The van der Waals surface area contributed by atoms with E-state index in [1.165, 1.54) is 84.0 Å². The van der Waals surface area contributed by atoms with Gasteiger partial charge in [0.25, 0.3) is 0 Å². The van der Waals surface area contributed by atoms with Crippen LogP contribution in [0.1, 0.15) is 137 Å². The van der Waals surface area contributed by atoms with E-state index in [0.717, 1.165) is 17.8 Å². The number of allylic oxidation sites excluding steroid dienone is 4. The van der Waals surface area contributed by atoms with Gasteiger partial charge in [0.05, 0.1) is 0 Å². The first kappa shape index (κ1) is 38.9. The van der Waals surface area contributed by atoms with Gasteiger partial charge >= 0.3 is 59.5 Å². The van der Waals surface area contributed by atoms with Gasteiger partial charge < -0.3 is 24.8 Å². The summed E-state index contributed by atoms with van der Waals surface area (Å²) in [6, 6.07) is 16.2. The second-order valence-electron chi connectivity index (χ2n) is 17.8. The summed E-state index contributed by atoms with van der Waals surface area (Å²) in [7, 11) is 0. The van der Waals surface area contributed by atoms with Gasteiger partial charge in [0.2, 0.25) is 0 Å². The van der Waals surface area contributed by atoms with Crippen molar-refractivity contribution in [3.8, 4) is 0 Å². The molecule has 6 aliphatic carbocycles.